The molecule has 4 nitrogen and oxygen atoms in total. The lowest BCUT2D eigenvalue weighted by Crippen LogP contribution is -1.93. The van der Waals surface area contributed by atoms with E-state index in [-0.39, 0.29) is 0 Å². The Morgan fingerprint density at radius 1 is 0.708 bits per heavy atom. The Bertz CT molecular complexity index is 621. The number of rotatable bonds is 9. The molecule has 2 aromatic carbocycles. The van der Waals surface area contributed by atoms with Crippen molar-refractivity contribution < 1.29 is 9.47 Å². The molecule has 0 heterocycles. The van der Waals surface area contributed by atoms with Crippen LogP contribution in [0.15, 0.2) is 58.5 Å². The number of benzene rings is 2. The van der Waals surface area contributed by atoms with E-state index in [9.17, 15) is 0 Å². The molecule has 0 aromatic heterocycles. The van der Waals surface area contributed by atoms with Gasteiger partial charge >= 0.3 is 0 Å². The molecule has 0 spiro atoms. The molecule has 4 heteroatoms. The monoisotopic (exact) mass is 324 g/mol. The Hall–Kier alpha value is -2.62. The average molecular weight is 324 g/mol. The average Bonchev–Trinajstić information content (AvgIpc) is 2.64. The first kappa shape index (κ1) is 17.7. The van der Waals surface area contributed by atoms with Gasteiger partial charge in [-0.15, -0.1) is 0 Å². The van der Waals surface area contributed by atoms with Crippen molar-refractivity contribution in [2.24, 2.45) is 9.98 Å². The lowest BCUT2D eigenvalue weighted by Gasteiger charge is -2.03. The lowest BCUT2D eigenvalue weighted by molar-refractivity contribution is 0.414. The molecule has 0 fully saturated rings. The van der Waals surface area contributed by atoms with E-state index in [0.29, 0.717) is 0 Å². The molecule has 0 aliphatic carbocycles. The number of unbranched alkanes of at least 4 members (excludes halogenated alkanes) is 1. The maximum Gasteiger partial charge on any atom is 0.127 e. The highest BCUT2D eigenvalue weighted by molar-refractivity contribution is 5.83. The minimum Gasteiger partial charge on any atom is -0.496 e. The van der Waals surface area contributed by atoms with E-state index < -0.39 is 0 Å². The summed E-state index contributed by atoms with van der Waals surface area (Å²) in [6, 6.07) is 15.8. The van der Waals surface area contributed by atoms with Gasteiger partial charge in [0.25, 0.3) is 0 Å². The van der Waals surface area contributed by atoms with Gasteiger partial charge in [0.2, 0.25) is 0 Å². The van der Waals surface area contributed by atoms with Gasteiger partial charge in [-0.05, 0) is 37.1 Å². The fourth-order valence-electron chi connectivity index (χ4n) is 2.28. The first-order valence-corrected chi connectivity index (χ1v) is 8.11. The predicted octanol–water partition coefficient (Wildman–Crippen LogP) is 4.02. The zero-order valence-electron chi connectivity index (χ0n) is 14.3. The third kappa shape index (κ3) is 5.54. The molecule has 0 saturated heterocycles. The van der Waals surface area contributed by atoms with Crippen LogP contribution in [0.1, 0.15) is 24.0 Å². The molecule has 0 atom stereocenters. The largest absolute Gasteiger partial charge is 0.496 e. The molecular weight excluding hydrogens is 300 g/mol. The third-order valence-corrected chi connectivity index (χ3v) is 3.56. The van der Waals surface area contributed by atoms with Crippen molar-refractivity contribution >= 4 is 12.4 Å². The lowest BCUT2D eigenvalue weighted by atomic mass is 10.2. The van der Waals surface area contributed by atoms with Gasteiger partial charge < -0.3 is 9.47 Å². The van der Waals surface area contributed by atoms with Gasteiger partial charge in [0.1, 0.15) is 11.5 Å². The molecule has 0 bridgehead atoms. The Kier molecular flexibility index (Phi) is 7.54. The highest BCUT2D eigenvalue weighted by Gasteiger charge is 1.98. The van der Waals surface area contributed by atoms with E-state index in [1.54, 1.807) is 14.2 Å². The summed E-state index contributed by atoms with van der Waals surface area (Å²) in [7, 11) is 3.35. The number of nitrogens with zero attached hydrogens (tertiary/aromatic N) is 2. The number of ether oxygens (including phenoxy) is 2. The van der Waals surface area contributed by atoms with Gasteiger partial charge in [-0.3, -0.25) is 9.98 Å². The predicted molar refractivity (Wildman–Crippen MR) is 100 cm³/mol. The summed E-state index contributed by atoms with van der Waals surface area (Å²) in [4.78, 5) is 8.91. The minimum absolute atomic E-state index is 0.794. The summed E-state index contributed by atoms with van der Waals surface area (Å²) in [5.41, 5.74) is 2.02. The fourth-order valence-corrected chi connectivity index (χ4v) is 2.28. The van der Waals surface area contributed by atoms with Gasteiger partial charge in [-0.25, -0.2) is 0 Å². The molecule has 0 saturated carbocycles. The highest BCUT2D eigenvalue weighted by Crippen LogP contribution is 2.15. The van der Waals surface area contributed by atoms with Crippen LogP contribution < -0.4 is 9.47 Å². The summed E-state index contributed by atoms with van der Waals surface area (Å²) in [6.07, 6.45) is 5.76. The quantitative estimate of drug-likeness (QED) is 0.516. The third-order valence-electron chi connectivity index (χ3n) is 3.56. The van der Waals surface area contributed by atoms with Gasteiger partial charge in [0, 0.05) is 36.6 Å². The second kappa shape index (κ2) is 10.2. The van der Waals surface area contributed by atoms with Crippen LogP contribution in [0, 0.1) is 0 Å². The van der Waals surface area contributed by atoms with Gasteiger partial charge in [-0.1, -0.05) is 24.3 Å². The highest BCUT2D eigenvalue weighted by atomic mass is 16.5. The van der Waals surface area contributed by atoms with Crippen LogP contribution in [-0.2, 0) is 0 Å². The van der Waals surface area contributed by atoms with Crippen LogP contribution in [0.2, 0.25) is 0 Å². The zero-order valence-corrected chi connectivity index (χ0v) is 14.3. The van der Waals surface area contributed by atoms with Crippen LogP contribution in [0.5, 0.6) is 11.5 Å². The summed E-state index contributed by atoms with van der Waals surface area (Å²) >= 11 is 0. The van der Waals surface area contributed by atoms with Crippen molar-refractivity contribution in [1.82, 2.24) is 0 Å². The first-order chi connectivity index (χ1) is 11.8. The molecule has 0 amide bonds. The van der Waals surface area contributed by atoms with Crippen molar-refractivity contribution in [3.05, 3.63) is 59.7 Å². The zero-order chi connectivity index (χ0) is 17.0. The molecule has 2 rings (SSSR count). The van der Waals surface area contributed by atoms with Crippen LogP contribution in [0.3, 0.4) is 0 Å². The molecule has 0 aliphatic heterocycles. The SMILES string of the molecule is COc1ccccc1/C=N/CCCC/N=C/c1ccccc1OC. The number of aliphatic imine (C=N–C) groups is 2. The van der Waals surface area contributed by atoms with Crippen LogP contribution in [0.25, 0.3) is 0 Å². The molecule has 24 heavy (non-hydrogen) atoms. The number of methoxy groups -OCH3 is 2. The second-order valence-corrected chi connectivity index (χ2v) is 5.26. The standard InChI is InChI=1S/C20H24N2O2/c1-23-19-11-5-3-9-17(19)15-21-13-7-8-14-22-16-18-10-4-6-12-20(18)24-2/h3-6,9-12,15-16H,7-8,13-14H2,1-2H3/b21-15+,22-16+. The van der Waals surface area contributed by atoms with Crippen molar-refractivity contribution in [3.63, 3.8) is 0 Å². The molecule has 0 unspecified atom stereocenters. The Morgan fingerprint density at radius 2 is 1.12 bits per heavy atom. The van der Waals surface area contributed by atoms with E-state index in [4.69, 9.17) is 9.47 Å². The van der Waals surface area contributed by atoms with E-state index in [2.05, 4.69) is 9.98 Å². The van der Waals surface area contributed by atoms with Crippen molar-refractivity contribution in [2.75, 3.05) is 27.3 Å². The van der Waals surface area contributed by atoms with Crippen LogP contribution in [0.4, 0.5) is 0 Å². The molecular formula is C20H24N2O2. The first-order valence-electron chi connectivity index (χ1n) is 8.11. The minimum atomic E-state index is 0.794. The Balaban J connectivity index is 1.70. The van der Waals surface area contributed by atoms with Crippen molar-refractivity contribution in [2.45, 2.75) is 12.8 Å². The van der Waals surface area contributed by atoms with Gasteiger partial charge in [0.15, 0.2) is 0 Å². The molecule has 0 N–H and O–H groups in total. The number of hydrogen-bond donors (Lipinski definition) is 0. The maximum atomic E-state index is 5.30. The Labute approximate surface area is 143 Å². The molecule has 126 valence electrons. The molecule has 2 aromatic rings. The summed E-state index contributed by atoms with van der Waals surface area (Å²) in [6.45, 7) is 1.59. The summed E-state index contributed by atoms with van der Waals surface area (Å²) in [5, 5.41) is 0. The molecule has 0 radical (unpaired) electrons. The number of para-hydroxylation sites is 2. The smallest absolute Gasteiger partial charge is 0.127 e. The normalized spacial score (nSPS) is 11.2. The van der Waals surface area contributed by atoms with Crippen LogP contribution in [-0.4, -0.2) is 39.7 Å². The topological polar surface area (TPSA) is 43.2 Å². The number of hydrogen-bond acceptors (Lipinski definition) is 4. The van der Waals surface area contributed by atoms with E-state index in [1.165, 1.54) is 0 Å². The summed E-state index contributed by atoms with van der Waals surface area (Å²) in [5.74, 6) is 1.70. The molecule has 0 aliphatic rings. The van der Waals surface area contributed by atoms with Crippen molar-refractivity contribution in [3.8, 4) is 11.5 Å². The Morgan fingerprint density at radius 3 is 1.54 bits per heavy atom. The fraction of sp³-hybridized carbons (Fsp3) is 0.300. The van der Waals surface area contributed by atoms with Gasteiger partial charge in [0.05, 0.1) is 14.2 Å². The summed E-state index contributed by atoms with van der Waals surface area (Å²) < 4.78 is 10.6. The van der Waals surface area contributed by atoms with E-state index in [0.717, 1.165) is 48.6 Å². The van der Waals surface area contributed by atoms with Crippen LogP contribution >= 0.6 is 0 Å². The van der Waals surface area contributed by atoms with E-state index in [1.807, 2.05) is 61.0 Å². The van der Waals surface area contributed by atoms with Crippen molar-refractivity contribution in [1.29, 1.82) is 0 Å². The second-order valence-electron chi connectivity index (χ2n) is 5.26. The van der Waals surface area contributed by atoms with Gasteiger partial charge in [-0.2, -0.15) is 0 Å². The maximum absolute atomic E-state index is 5.30. The van der Waals surface area contributed by atoms with E-state index >= 15 is 0 Å².